The first kappa shape index (κ1) is 18.5. The van der Waals surface area contributed by atoms with Gasteiger partial charge in [0.15, 0.2) is 11.5 Å². The highest BCUT2D eigenvalue weighted by atomic mass is 79.9. The summed E-state index contributed by atoms with van der Waals surface area (Å²) in [6, 6.07) is 14.3. The standard InChI is InChI=1S/C20H22BrN3O2/c1-3-26-19-12-16(11-18(21)20(19)25-2)14-22-13-15-5-7-17(8-6-15)24-10-4-9-23-24/h4-12,22H,3,13-14H2,1-2H3. The summed E-state index contributed by atoms with van der Waals surface area (Å²) in [5.41, 5.74) is 3.41. The molecule has 6 heteroatoms. The lowest BCUT2D eigenvalue weighted by Gasteiger charge is -2.14. The minimum Gasteiger partial charge on any atom is -0.492 e. The maximum absolute atomic E-state index is 5.67. The molecule has 3 rings (SSSR count). The van der Waals surface area contributed by atoms with E-state index in [1.54, 1.807) is 13.3 Å². The molecule has 2 aromatic carbocycles. The second-order valence-electron chi connectivity index (χ2n) is 5.76. The molecule has 3 aromatic rings. The van der Waals surface area contributed by atoms with Gasteiger partial charge in [-0.15, -0.1) is 0 Å². The van der Waals surface area contributed by atoms with E-state index in [1.165, 1.54) is 5.56 Å². The molecule has 1 N–H and O–H groups in total. The first-order valence-electron chi connectivity index (χ1n) is 8.50. The Balaban J connectivity index is 1.61. The van der Waals surface area contributed by atoms with Crippen LogP contribution < -0.4 is 14.8 Å². The number of aromatic nitrogens is 2. The molecule has 5 nitrogen and oxygen atoms in total. The zero-order valence-corrected chi connectivity index (χ0v) is 16.5. The molecule has 0 bridgehead atoms. The number of hydrogen-bond donors (Lipinski definition) is 1. The average molecular weight is 416 g/mol. The van der Waals surface area contributed by atoms with Crippen LogP contribution in [0.15, 0.2) is 59.3 Å². The molecule has 0 unspecified atom stereocenters. The monoisotopic (exact) mass is 415 g/mol. The van der Waals surface area contributed by atoms with E-state index >= 15 is 0 Å². The Kier molecular flexibility index (Phi) is 6.30. The Hall–Kier alpha value is -2.31. The van der Waals surface area contributed by atoms with Crippen LogP contribution in [0, 0.1) is 0 Å². The van der Waals surface area contributed by atoms with Gasteiger partial charge in [0.25, 0.3) is 0 Å². The number of benzene rings is 2. The van der Waals surface area contributed by atoms with Crippen LogP contribution in [0.1, 0.15) is 18.1 Å². The summed E-state index contributed by atoms with van der Waals surface area (Å²) in [7, 11) is 1.65. The number of halogens is 1. The van der Waals surface area contributed by atoms with Crippen molar-refractivity contribution in [1.82, 2.24) is 15.1 Å². The summed E-state index contributed by atoms with van der Waals surface area (Å²) in [5.74, 6) is 1.48. The van der Waals surface area contributed by atoms with Crippen LogP contribution in [0.25, 0.3) is 5.69 Å². The molecule has 1 aromatic heterocycles. The molecule has 0 fully saturated rings. The summed E-state index contributed by atoms with van der Waals surface area (Å²) in [6.07, 6.45) is 3.71. The van der Waals surface area contributed by atoms with E-state index in [4.69, 9.17) is 9.47 Å². The molecule has 1 heterocycles. The highest BCUT2D eigenvalue weighted by Crippen LogP contribution is 2.36. The molecule has 0 aliphatic heterocycles. The number of nitrogens with one attached hydrogen (secondary N) is 1. The van der Waals surface area contributed by atoms with Gasteiger partial charge in [-0.2, -0.15) is 5.10 Å². The SMILES string of the molecule is CCOc1cc(CNCc2ccc(-n3cccn3)cc2)cc(Br)c1OC. The van der Waals surface area contributed by atoms with Gasteiger partial charge >= 0.3 is 0 Å². The predicted octanol–water partition coefficient (Wildman–Crippen LogP) is 4.33. The molecule has 26 heavy (non-hydrogen) atoms. The zero-order chi connectivity index (χ0) is 18.4. The number of nitrogens with zero attached hydrogens (tertiary/aromatic N) is 2. The molecular formula is C20H22BrN3O2. The van der Waals surface area contributed by atoms with Gasteiger partial charge in [-0.05, 0) is 64.3 Å². The maximum atomic E-state index is 5.67. The van der Waals surface area contributed by atoms with Crippen molar-refractivity contribution in [3.63, 3.8) is 0 Å². The van der Waals surface area contributed by atoms with Crippen molar-refractivity contribution >= 4 is 15.9 Å². The Morgan fingerprint density at radius 3 is 2.54 bits per heavy atom. The first-order valence-corrected chi connectivity index (χ1v) is 9.29. The van der Waals surface area contributed by atoms with Crippen LogP contribution in [-0.4, -0.2) is 23.5 Å². The van der Waals surface area contributed by atoms with E-state index < -0.39 is 0 Å². The minimum absolute atomic E-state index is 0.599. The summed E-state index contributed by atoms with van der Waals surface area (Å²) < 4.78 is 13.8. The fourth-order valence-corrected chi connectivity index (χ4v) is 3.38. The van der Waals surface area contributed by atoms with E-state index in [-0.39, 0.29) is 0 Å². The lowest BCUT2D eigenvalue weighted by atomic mass is 10.1. The normalized spacial score (nSPS) is 10.7. The van der Waals surface area contributed by atoms with Crippen molar-refractivity contribution < 1.29 is 9.47 Å². The van der Waals surface area contributed by atoms with Crippen LogP contribution in [0.3, 0.4) is 0 Å². The molecule has 0 saturated heterocycles. The Labute approximate surface area is 162 Å². The van der Waals surface area contributed by atoms with Gasteiger partial charge in [-0.3, -0.25) is 0 Å². The summed E-state index contributed by atoms with van der Waals surface area (Å²) >= 11 is 3.55. The molecule has 0 atom stereocenters. The average Bonchev–Trinajstić information content (AvgIpc) is 3.17. The third-order valence-electron chi connectivity index (χ3n) is 3.94. The second-order valence-corrected chi connectivity index (χ2v) is 6.62. The van der Waals surface area contributed by atoms with E-state index in [9.17, 15) is 0 Å². The van der Waals surface area contributed by atoms with E-state index in [0.717, 1.165) is 40.3 Å². The lowest BCUT2D eigenvalue weighted by molar-refractivity contribution is 0.309. The fourth-order valence-electron chi connectivity index (χ4n) is 2.72. The smallest absolute Gasteiger partial charge is 0.174 e. The second kappa shape index (κ2) is 8.87. The van der Waals surface area contributed by atoms with Gasteiger partial charge in [-0.25, -0.2) is 4.68 Å². The molecular weight excluding hydrogens is 394 g/mol. The predicted molar refractivity (Wildman–Crippen MR) is 106 cm³/mol. The van der Waals surface area contributed by atoms with Crippen molar-refractivity contribution in [3.05, 3.63) is 70.5 Å². The van der Waals surface area contributed by atoms with Crippen molar-refractivity contribution in [1.29, 1.82) is 0 Å². The molecule has 136 valence electrons. The Morgan fingerprint density at radius 2 is 1.88 bits per heavy atom. The molecule has 0 aliphatic rings. The van der Waals surface area contributed by atoms with Gasteiger partial charge in [0, 0.05) is 25.5 Å². The van der Waals surface area contributed by atoms with Gasteiger partial charge in [-0.1, -0.05) is 12.1 Å². The highest BCUT2D eigenvalue weighted by molar-refractivity contribution is 9.10. The third-order valence-corrected chi connectivity index (χ3v) is 4.53. The topological polar surface area (TPSA) is 48.3 Å². The van der Waals surface area contributed by atoms with Gasteiger partial charge in [0.05, 0.1) is 23.9 Å². The Bertz CT molecular complexity index is 833. The number of ether oxygens (including phenoxy) is 2. The molecule has 0 amide bonds. The largest absolute Gasteiger partial charge is 0.492 e. The van der Waals surface area contributed by atoms with Crippen molar-refractivity contribution in [2.24, 2.45) is 0 Å². The quantitative estimate of drug-likeness (QED) is 0.594. The Morgan fingerprint density at radius 1 is 1.12 bits per heavy atom. The molecule has 0 spiro atoms. The third kappa shape index (κ3) is 4.45. The van der Waals surface area contributed by atoms with E-state index in [2.05, 4.69) is 56.7 Å². The minimum atomic E-state index is 0.599. The van der Waals surface area contributed by atoms with Gasteiger partial charge in [0.1, 0.15) is 0 Å². The summed E-state index contributed by atoms with van der Waals surface area (Å²) in [5, 5.41) is 7.70. The van der Waals surface area contributed by atoms with Crippen LogP contribution in [0.4, 0.5) is 0 Å². The lowest BCUT2D eigenvalue weighted by Crippen LogP contribution is -2.13. The number of rotatable bonds is 8. The van der Waals surface area contributed by atoms with Gasteiger partial charge in [0.2, 0.25) is 0 Å². The first-order chi connectivity index (χ1) is 12.7. The highest BCUT2D eigenvalue weighted by Gasteiger charge is 2.11. The van der Waals surface area contributed by atoms with E-state index in [1.807, 2.05) is 29.9 Å². The summed E-state index contributed by atoms with van der Waals surface area (Å²) in [4.78, 5) is 0. The molecule has 0 radical (unpaired) electrons. The fraction of sp³-hybridized carbons (Fsp3) is 0.250. The zero-order valence-electron chi connectivity index (χ0n) is 14.9. The van der Waals surface area contributed by atoms with E-state index in [0.29, 0.717) is 6.61 Å². The number of methoxy groups -OCH3 is 1. The molecule has 0 saturated carbocycles. The van der Waals surface area contributed by atoms with Crippen molar-refractivity contribution in [2.75, 3.05) is 13.7 Å². The van der Waals surface area contributed by atoms with Crippen LogP contribution in [0.5, 0.6) is 11.5 Å². The van der Waals surface area contributed by atoms with Crippen molar-refractivity contribution in [2.45, 2.75) is 20.0 Å². The number of hydrogen-bond acceptors (Lipinski definition) is 4. The maximum Gasteiger partial charge on any atom is 0.174 e. The molecule has 0 aliphatic carbocycles. The van der Waals surface area contributed by atoms with Crippen LogP contribution in [0.2, 0.25) is 0 Å². The van der Waals surface area contributed by atoms with Gasteiger partial charge < -0.3 is 14.8 Å². The van der Waals surface area contributed by atoms with Crippen LogP contribution >= 0.6 is 15.9 Å². The summed E-state index contributed by atoms with van der Waals surface area (Å²) in [6.45, 7) is 4.09. The van der Waals surface area contributed by atoms with Crippen molar-refractivity contribution in [3.8, 4) is 17.2 Å². The van der Waals surface area contributed by atoms with Crippen LogP contribution in [-0.2, 0) is 13.1 Å².